The summed E-state index contributed by atoms with van der Waals surface area (Å²) < 4.78 is 0. The summed E-state index contributed by atoms with van der Waals surface area (Å²) in [5, 5.41) is 0. The maximum Gasteiger partial charge on any atom is 1.00 e. The van der Waals surface area contributed by atoms with Crippen molar-refractivity contribution >= 4 is 0 Å². The summed E-state index contributed by atoms with van der Waals surface area (Å²) in [6.07, 6.45) is 0. The molecule has 0 saturated carbocycles. The number of hydrogen-bond acceptors (Lipinski definition) is 0. The minimum absolute atomic E-state index is 0. The van der Waals surface area contributed by atoms with Gasteiger partial charge in [0.2, 0.25) is 0 Å². The molecule has 0 bridgehead atoms. The van der Waals surface area contributed by atoms with Crippen LogP contribution in [0.3, 0.4) is 0 Å². The molecule has 0 aromatic rings. The Morgan fingerprint density at radius 2 is 0.800 bits per heavy atom. The number of hydrogen-bond donors (Lipinski definition) is 0. The van der Waals surface area contributed by atoms with E-state index in [9.17, 15) is 0 Å². The van der Waals surface area contributed by atoms with Crippen molar-refractivity contribution in [2.24, 2.45) is 0 Å². The standard InChI is InChI=1S/2K.2Li.O.2H/q4*+1;-2;2*-1. The second-order valence-electron chi connectivity index (χ2n) is 0. The predicted octanol–water partition coefficient (Wildman–Crippen LogP) is -11.9. The molecule has 0 radical (unpaired) electrons. The molecule has 0 aliphatic carbocycles. The molecule has 12 valence electrons. The monoisotopic (exact) mass is 110 g/mol. The van der Waals surface area contributed by atoms with Gasteiger partial charge in [0.25, 0.3) is 0 Å². The first-order valence-corrected chi connectivity index (χ1v) is 0. The molecular weight excluding hydrogens is 108 g/mol. The second kappa shape index (κ2) is 23.7. The normalized spacial score (nSPS) is 0. The molecule has 0 fully saturated rings. The van der Waals surface area contributed by atoms with Gasteiger partial charge in [0.1, 0.15) is 0 Å². The third-order valence-electron chi connectivity index (χ3n) is 0. The van der Waals surface area contributed by atoms with E-state index in [1.165, 1.54) is 0 Å². The molecule has 1 nitrogen and oxygen atoms in total. The van der Waals surface area contributed by atoms with Crippen molar-refractivity contribution in [3.8, 4) is 0 Å². The zero-order chi connectivity index (χ0) is 0. The molecule has 0 unspecified atom stereocenters. The van der Waals surface area contributed by atoms with E-state index in [-0.39, 0.29) is 149 Å². The minimum atomic E-state index is 0. The summed E-state index contributed by atoms with van der Waals surface area (Å²) in [6, 6.07) is 0. The predicted molar refractivity (Wildman–Crippen MR) is 2.91 cm³/mol. The molecule has 0 heterocycles. The Morgan fingerprint density at radius 3 is 0.800 bits per heavy atom. The van der Waals surface area contributed by atoms with Crippen LogP contribution in [0.1, 0.15) is 2.85 Å². The molecule has 0 amide bonds. The van der Waals surface area contributed by atoms with E-state index in [2.05, 4.69) is 0 Å². The molecule has 0 atom stereocenters. The fraction of sp³-hybridized carbons (Fsp3) is 0. The Kier molecular flexibility index (Phi) is 162. The first-order chi connectivity index (χ1) is 0. The SMILES string of the molecule is [H-].[H-].[K+].[K+].[Li+].[Li+].[O-2]. The van der Waals surface area contributed by atoms with Gasteiger partial charge >= 0.3 is 140 Å². The Labute approximate surface area is 144 Å². The largest absolute Gasteiger partial charge is 2.00 e. The average Bonchev–Trinajstić information content (AvgIpc) is 0. The summed E-state index contributed by atoms with van der Waals surface area (Å²) in [5.41, 5.74) is 0. The van der Waals surface area contributed by atoms with Crippen molar-refractivity contribution in [2.75, 3.05) is 0 Å². The summed E-state index contributed by atoms with van der Waals surface area (Å²) in [7, 11) is 0. The van der Waals surface area contributed by atoms with Crippen LogP contribution in [-0.2, 0) is 5.48 Å². The van der Waals surface area contributed by atoms with Gasteiger partial charge in [-0.3, -0.25) is 0 Å². The van der Waals surface area contributed by atoms with Crippen LogP contribution in [0.25, 0.3) is 0 Å². The van der Waals surface area contributed by atoms with Crippen LogP contribution < -0.4 is 140 Å². The van der Waals surface area contributed by atoms with Gasteiger partial charge in [0.05, 0.1) is 0 Å². The van der Waals surface area contributed by atoms with Crippen LogP contribution in [0.2, 0.25) is 0 Å². The van der Waals surface area contributed by atoms with Gasteiger partial charge in [-0.1, -0.05) is 0 Å². The molecule has 0 aliphatic rings. The summed E-state index contributed by atoms with van der Waals surface area (Å²) in [4.78, 5) is 0. The van der Waals surface area contributed by atoms with Crippen molar-refractivity contribution in [3.63, 3.8) is 0 Å². The second-order valence-corrected chi connectivity index (χ2v) is 0. The maximum absolute atomic E-state index is 0. The van der Waals surface area contributed by atoms with Gasteiger partial charge in [0, 0.05) is 0 Å². The Hall–Kier alpha value is 4.43. The molecule has 5 heteroatoms. The zero-order valence-electron chi connectivity index (χ0n) is 6.41. The van der Waals surface area contributed by atoms with Gasteiger partial charge in [-0.25, -0.2) is 0 Å². The van der Waals surface area contributed by atoms with Gasteiger partial charge < -0.3 is 8.33 Å². The topological polar surface area (TPSA) is 28.5 Å². The van der Waals surface area contributed by atoms with E-state index in [0.29, 0.717) is 0 Å². The molecule has 0 rings (SSSR count). The van der Waals surface area contributed by atoms with Crippen molar-refractivity contribution in [1.82, 2.24) is 0 Å². The average molecular weight is 110 g/mol. The maximum atomic E-state index is 0. The van der Waals surface area contributed by atoms with E-state index in [1.54, 1.807) is 0 Å². The Bertz CT molecular complexity index is 13.7. The van der Waals surface area contributed by atoms with E-state index in [4.69, 9.17) is 0 Å². The van der Waals surface area contributed by atoms with E-state index >= 15 is 0 Å². The van der Waals surface area contributed by atoms with Crippen molar-refractivity contribution in [1.29, 1.82) is 0 Å². The third kappa shape index (κ3) is 17.8. The zero-order valence-corrected chi connectivity index (χ0v) is 10.7. The molecule has 0 saturated heterocycles. The van der Waals surface area contributed by atoms with Crippen LogP contribution >= 0.6 is 0 Å². The van der Waals surface area contributed by atoms with E-state index in [1.807, 2.05) is 0 Å². The molecule has 0 N–H and O–H groups in total. The summed E-state index contributed by atoms with van der Waals surface area (Å²) >= 11 is 0. The van der Waals surface area contributed by atoms with Crippen LogP contribution in [0.5, 0.6) is 0 Å². The van der Waals surface area contributed by atoms with Gasteiger partial charge in [0.15, 0.2) is 0 Å². The third-order valence-corrected chi connectivity index (χ3v) is 0. The molecule has 0 aliphatic heterocycles. The smallest absolute Gasteiger partial charge is 1.00 e. The Balaban J connectivity index is 0. The molecule has 5 heavy (non-hydrogen) atoms. The summed E-state index contributed by atoms with van der Waals surface area (Å²) in [5.74, 6) is 0. The molecular formula is H2K2Li2O. The first-order valence-electron chi connectivity index (χ1n) is 0. The van der Waals surface area contributed by atoms with Crippen LogP contribution in [-0.4, -0.2) is 0 Å². The Morgan fingerprint density at radius 1 is 0.800 bits per heavy atom. The van der Waals surface area contributed by atoms with Crippen LogP contribution in [0.15, 0.2) is 0 Å². The summed E-state index contributed by atoms with van der Waals surface area (Å²) in [6.45, 7) is 0. The van der Waals surface area contributed by atoms with Gasteiger partial charge in [-0.15, -0.1) is 0 Å². The first kappa shape index (κ1) is 34.2. The fourth-order valence-electron chi connectivity index (χ4n) is 0. The quantitative estimate of drug-likeness (QED) is 0.277. The van der Waals surface area contributed by atoms with E-state index < -0.39 is 0 Å². The van der Waals surface area contributed by atoms with Gasteiger partial charge in [-0.2, -0.15) is 0 Å². The molecule has 0 spiro atoms. The molecule has 0 aromatic carbocycles. The number of rotatable bonds is 0. The minimum Gasteiger partial charge on any atom is -2.00 e. The van der Waals surface area contributed by atoms with Crippen LogP contribution in [0.4, 0.5) is 0 Å². The van der Waals surface area contributed by atoms with Crippen LogP contribution in [0, 0.1) is 0 Å². The van der Waals surface area contributed by atoms with Crippen molar-refractivity contribution in [3.05, 3.63) is 0 Å². The van der Waals surface area contributed by atoms with Crippen molar-refractivity contribution in [2.45, 2.75) is 0 Å². The fourth-order valence-corrected chi connectivity index (χ4v) is 0. The van der Waals surface area contributed by atoms with Crippen molar-refractivity contribution < 1.29 is 149 Å². The van der Waals surface area contributed by atoms with Gasteiger partial charge in [-0.05, 0) is 0 Å². The van der Waals surface area contributed by atoms with E-state index in [0.717, 1.165) is 0 Å². The molecule has 0 aromatic heterocycles.